The Hall–Kier alpha value is -3.16. The van der Waals surface area contributed by atoms with Crippen molar-refractivity contribution in [3.05, 3.63) is 52.8 Å². The van der Waals surface area contributed by atoms with E-state index >= 15 is 0 Å². The van der Waals surface area contributed by atoms with Gasteiger partial charge in [-0.1, -0.05) is 18.2 Å². The molecule has 1 aliphatic rings. The van der Waals surface area contributed by atoms with Gasteiger partial charge in [0.15, 0.2) is 5.69 Å². The van der Waals surface area contributed by atoms with Crippen molar-refractivity contribution in [3.63, 3.8) is 0 Å². The Kier molecular flexibility index (Phi) is 4.78. The first-order valence-corrected chi connectivity index (χ1v) is 7.85. The number of hydrogen-bond donors (Lipinski definition) is 2. The van der Waals surface area contributed by atoms with Gasteiger partial charge in [-0.3, -0.25) is 14.7 Å². The Bertz CT molecular complexity index is 800. The third-order valence-electron chi connectivity index (χ3n) is 4.10. The lowest BCUT2D eigenvalue weighted by atomic mass is 10.0. The predicted molar refractivity (Wildman–Crippen MR) is 87.8 cm³/mol. The topological polar surface area (TPSA) is 104 Å². The normalized spacial score (nSPS) is 13.1. The molecule has 0 saturated carbocycles. The predicted octanol–water partition coefficient (Wildman–Crippen LogP) is 0.511. The summed E-state index contributed by atoms with van der Waals surface area (Å²) in [5.74, 6) is -0.974. The van der Waals surface area contributed by atoms with Crippen LogP contribution in [0.4, 0.5) is 0 Å². The second kappa shape index (κ2) is 7.16. The molecule has 0 aliphatic carbocycles. The zero-order chi connectivity index (χ0) is 17.8. The van der Waals surface area contributed by atoms with Gasteiger partial charge in [0.05, 0.1) is 25.9 Å². The molecule has 8 heteroatoms. The number of ether oxygens (including phenoxy) is 1. The molecular formula is C17H18N4O4. The van der Waals surface area contributed by atoms with Gasteiger partial charge < -0.3 is 15.0 Å². The zero-order valence-corrected chi connectivity index (χ0v) is 13.7. The highest BCUT2D eigenvalue weighted by molar-refractivity contribution is 5.96. The number of H-pyrrole nitrogens is 1. The van der Waals surface area contributed by atoms with Crippen molar-refractivity contribution < 1.29 is 19.1 Å². The molecule has 2 heterocycles. The van der Waals surface area contributed by atoms with E-state index in [4.69, 9.17) is 4.74 Å². The van der Waals surface area contributed by atoms with E-state index < -0.39 is 5.97 Å². The van der Waals surface area contributed by atoms with Crippen LogP contribution in [0, 0.1) is 0 Å². The molecular weight excluding hydrogens is 324 g/mol. The smallest absolute Gasteiger partial charge is 0.358 e. The molecule has 0 spiro atoms. The number of carbonyl (C=O) groups excluding carboxylic acids is 3. The van der Waals surface area contributed by atoms with Gasteiger partial charge >= 0.3 is 5.97 Å². The maximum Gasteiger partial charge on any atom is 0.358 e. The maximum atomic E-state index is 12.3. The summed E-state index contributed by atoms with van der Waals surface area (Å²) in [6.07, 6.45) is 0.509. The quantitative estimate of drug-likeness (QED) is 0.788. The summed E-state index contributed by atoms with van der Waals surface area (Å²) in [6, 6.07) is 8.72. The third-order valence-corrected chi connectivity index (χ3v) is 4.10. The van der Waals surface area contributed by atoms with Gasteiger partial charge in [0.1, 0.15) is 0 Å². The van der Waals surface area contributed by atoms with Crippen LogP contribution in [0.15, 0.2) is 30.3 Å². The number of esters is 1. The fraction of sp³-hybridized carbons (Fsp3) is 0.294. The number of aromatic nitrogens is 2. The van der Waals surface area contributed by atoms with Crippen molar-refractivity contribution >= 4 is 17.8 Å². The van der Waals surface area contributed by atoms with Crippen molar-refractivity contribution in [1.82, 2.24) is 20.4 Å². The number of aromatic amines is 1. The summed E-state index contributed by atoms with van der Waals surface area (Å²) < 4.78 is 4.69. The van der Waals surface area contributed by atoms with Gasteiger partial charge in [-0.2, -0.15) is 5.10 Å². The summed E-state index contributed by atoms with van der Waals surface area (Å²) in [7, 11) is 1.30. The van der Waals surface area contributed by atoms with E-state index in [2.05, 4.69) is 15.5 Å². The average molecular weight is 342 g/mol. The highest BCUT2D eigenvalue weighted by Crippen LogP contribution is 2.20. The molecule has 25 heavy (non-hydrogen) atoms. The SMILES string of the molecule is COC(=O)c1n[nH]c2c1CCN(C(=O)CNC(=O)c1ccccc1)C2. The highest BCUT2D eigenvalue weighted by atomic mass is 16.5. The zero-order valence-electron chi connectivity index (χ0n) is 13.7. The lowest BCUT2D eigenvalue weighted by Gasteiger charge is -2.26. The Morgan fingerprint density at radius 3 is 2.76 bits per heavy atom. The number of methoxy groups -OCH3 is 1. The van der Waals surface area contributed by atoms with E-state index in [-0.39, 0.29) is 24.1 Å². The standard InChI is InChI=1S/C17H18N4O4/c1-25-17(24)15-12-7-8-21(10-13(12)19-20-15)14(22)9-18-16(23)11-5-3-2-4-6-11/h2-6H,7-10H2,1H3,(H,18,23)(H,19,20). The number of nitrogens with zero attached hydrogens (tertiary/aromatic N) is 2. The molecule has 0 saturated heterocycles. The monoisotopic (exact) mass is 342 g/mol. The molecule has 130 valence electrons. The molecule has 1 aromatic carbocycles. The van der Waals surface area contributed by atoms with Gasteiger partial charge in [0.2, 0.25) is 5.91 Å². The van der Waals surface area contributed by atoms with Crippen LogP contribution in [-0.4, -0.2) is 53.1 Å². The molecule has 0 unspecified atom stereocenters. The minimum atomic E-state index is -0.493. The number of hydrogen-bond acceptors (Lipinski definition) is 5. The number of benzene rings is 1. The Labute approximate surface area is 144 Å². The fourth-order valence-electron chi connectivity index (χ4n) is 2.76. The van der Waals surface area contributed by atoms with Crippen LogP contribution in [-0.2, 0) is 22.5 Å². The molecule has 1 aliphatic heterocycles. The number of nitrogens with one attached hydrogen (secondary N) is 2. The first kappa shape index (κ1) is 16.7. The van der Waals surface area contributed by atoms with Crippen LogP contribution in [0.25, 0.3) is 0 Å². The summed E-state index contributed by atoms with van der Waals surface area (Å²) >= 11 is 0. The molecule has 2 amide bonds. The molecule has 0 radical (unpaired) electrons. The van der Waals surface area contributed by atoms with Gasteiger partial charge in [-0.15, -0.1) is 0 Å². The van der Waals surface area contributed by atoms with Crippen LogP contribution in [0.5, 0.6) is 0 Å². The second-order valence-electron chi connectivity index (χ2n) is 5.63. The van der Waals surface area contributed by atoms with Crippen LogP contribution in [0.1, 0.15) is 32.1 Å². The minimum Gasteiger partial charge on any atom is -0.464 e. The molecule has 1 aromatic heterocycles. The Morgan fingerprint density at radius 1 is 1.28 bits per heavy atom. The maximum absolute atomic E-state index is 12.3. The minimum absolute atomic E-state index is 0.0823. The van der Waals surface area contributed by atoms with Gasteiger partial charge in [-0.05, 0) is 18.6 Å². The number of rotatable bonds is 4. The van der Waals surface area contributed by atoms with Crippen molar-refractivity contribution in [1.29, 1.82) is 0 Å². The second-order valence-corrected chi connectivity index (χ2v) is 5.63. The largest absolute Gasteiger partial charge is 0.464 e. The number of fused-ring (bicyclic) bond motifs is 1. The summed E-state index contributed by atoms with van der Waals surface area (Å²) in [6.45, 7) is 0.691. The van der Waals surface area contributed by atoms with Crippen LogP contribution < -0.4 is 5.32 Å². The lowest BCUT2D eigenvalue weighted by Crippen LogP contribution is -2.42. The van der Waals surface area contributed by atoms with E-state index in [1.807, 2.05) is 6.07 Å². The van der Waals surface area contributed by atoms with Gasteiger partial charge in [0, 0.05) is 17.7 Å². The van der Waals surface area contributed by atoms with Gasteiger partial charge in [-0.25, -0.2) is 4.79 Å². The first-order valence-electron chi connectivity index (χ1n) is 7.85. The van der Waals surface area contributed by atoms with Crippen LogP contribution >= 0.6 is 0 Å². The van der Waals surface area contributed by atoms with E-state index in [0.29, 0.717) is 25.1 Å². The molecule has 2 N–H and O–H groups in total. The number of amides is 2. The first-order chi connectivity index (χ1) is 12.1. The van der Waals surface area contributed by atoms with Crippen molar-refractivity contribution in [3.8, 4) is 0 Å². The summed E-state index contributed by atoms with van der Waals surface area (Å²) in [4.78, 5) is 37.6. The summed E-state index contributed by atoms with van der Waals surface area (Å²) in [5, 5.41) is 9.38. The van der Waals surface area contributed by atoms with E-state index in [0.717, 1.165) is 11.3 Å². The fourth-order valence-corrected chi connectivity index (χ4v) is 2.76. The van der Waals surface area contributed by atoms with Gasteiger partial charge in [0.25, 0.3) is 5.91 Å². The number of carbonyl (C=O) groups is 3. The van der Waals surface area contributed by atoms with E-state index in [1.165, 1.54) is 7.11 Å². The summed E-state index contributed by atoms with van der Waals surface area (Å²) in [5.41, 5.74) is 2.27. The molecule has 2 aromatic rings. The van der Waals surface area contributed by atoms with Crippen molar-refractivity contribution in [2.24, 2.45) is 0 Å². The van der Waals surface area contributed by atoms with Crippen LogP contribution in [0.2, 0.25) is 0 Å². The van der Waals surface area contributed by atoms with Crippen LogP contribution in [0.3, 0.4) is 0 Å². The van der Waals surface area contributed by atoms with Crippen molar-refractivity contribution in [2.75, 3.05) is 20.2 Å². The average Bonchev–Trinajstić information content (AvgIpc) is 3.09. The molecule has 0 bridgehead atoms. The lowest BCUT2D eigenvalue weighted by molar-refractivity contribution is -0.131. The van der Waals surface area contributed by atoms with E-state index in [9.17, 15) is 14.4 Å². The Balaban J connectivity index is 1.59. The molecule has 8 nitrogen and oxygen atoms in total. The highest BCUT2D eigenvalue weighted by Gasteiger charge is 2.27. The third kappa shape index (κ3) is 3.52. The molecule has 0 atom stereocenters. The Morgan fingerprint density at radius 2 is 2.04 bits per heavy atom. The molecule has 0 fully saturated rings. The van der Waals surface area contributed by atoms with Crippen molar-refractivity contribution in [2.45, 2.75) is 13.0 Å². The molecule has 3 rings (SSSR count). The van der Waals surface area contributed by atoms with E-state index in [1.54, 1.807) is 29.2 Å².